The van der Waals surface area contributed by atoms with Gasteiger partial charge in [0.1, 0.15) is 0 Å². The first-order valence-corrected chi connectivity index (χ1v) is 15.7. The molecule has 0 aliphatic heterocycles. The molecule has 0 heterocycles. The van der Waals surface area contributed by atoms with Crippen molar-refractivity contribution in [2.45, 2.75) is 25.7 Å². The Labute approximate surface area is 233 Å². The number of halogens is 2. The number of carbonyl (C=O) groups is 2. The van der Waals surface area contributed by atoms with Crippen LogP contribution in [0.5, 0.6) is 0 Å². The van der Waals surface area contributed by atoms with E-state index >= 15 is 0 Å². The van der Waals surface area contributed by atoms with E-state index in [1.807, 2.05) is 0 Å². The Morgan fingerprint density at radius 2 is 0.667 bits per heavy atom. The maximum absolute atomic E-state index is 9.77. The molecule has 0 saturated heterocycles. The van der Waals surface area contributed by atoms with E-state index in [-0.39, 0.29) is 55.3 Å². The molecule has 0 aliphatic rings. The molecule has 4 aromatic carbocycles. The lowest BCUT2D eigenvalue weighted by Gasteiger charge is -2.01. The Kier molecular flexibility index (Phi) is 15.2. The topological polar surface area (TPSA) is 80.3 Å². The first kappa shape index (κ1) is 29.5. The lowest BCUT2D eigenvalue weighted by atomic mass is 10.2. The van der Waals surface area contributed by atoms with Gasteiger partial charge in [0.15, 0.2) is 14.3 Å². The van der Waals surface area contributed by atoms with Crippen LogP contribution in [-0.4, -0.2) is 11.9 Å². The summed E-state index contributed by atoms with van der Waals surface area (Å²) in [5.41, 5.74) is 0. The molecule has 0 bridgehead atoms. The Morgan fingerprint density at radius 3 is 0.861 bits per heavy atom. The molecule has 0 unspecified atom stereocenters. The summed E-state index contributed by atoms with van der Waals surface area (Å²) < 4.78 is 5.92. The maximum atomic E-state index is 9.77. The largest absolute Gasteiger partial charge is 0.550 e. The molecule has 0 aliphatic carbocycles. The van der Waals surface area contributed by atoms with E-state index in [1.54, 1.807) is 0 Å². The zero-order valence-electron chi connectivity index (χ0n) is 19.8. The van der Waals surface area contributed by atoms with Crippen LogP contribution in [0.25, 0.3) is 0 Å². The summed E-state index contributed by atoms with van der Waals surface area (Å²) >= 11 is 0.0574. The first-order chi connectivity index (χ1) is 17.5. The summed E-state index contributed by atoms with van der Waals surface area (Å²) in [6.45, 7) is 0. The number of rotatable bonds is 9. The molecule has 0 spiro atoms. The summed E-state index contributed by atoms with van der Waals surface area (Å²) in [5.74, 6) is -2.28. The molecule has 0 fully saturated rings. The molecule has 186 valence electrons. The highest BCUT2D eigenvalue weighted by molar-refractivity contribution is 5.65. The fraction of sp³-hybridized carbons (Fsp3) is 0.133. The van der Waals surface area contributed by atoms with E-state index in [4.69, 9.17) is 0 Å². The summed E-state index contributed by atoms with van der Waals surface area (Å²) in [6.07, 6.45) is 0.535. The Hall–Kier alpha value is -2.72. The molecule has 4 aromatic rings. The minimum Gasteiger partial charge on any atom is -0.550 e. The van der Waals surface area contributed by atoms with Crippen molar-refractivity contribution in [3.63, 3.8) is 0 Å². The molecule has 0 aromatic heterocycles. The number of aliphatic carboxylic acids is 2. The number of benzene rings is 4. The van der Waals surface area contributed by atoms with Crippen molar-refractivity contribution < 1.29 is 62.2 Å². The average molecular weight is 706 g/mol. The van der Waals surface area contributed by atoms with Crippen molar-refractivity contribution >= 4 is 11.9 Å². The number of hydrogen-bond donors (Lipinski definition) is 0. The minimum absolute atomic E-state index is 0.0287. The van der Waals surface area contributed by atoms with Gasteiger partial charge in [-0.25, -0.2) is 0 Å². The van der Waals surface area contributed by atoms with Crippen LogP contribution in [0.2, 0.25) is 0 Å². The van der Waals surface area contributed by atoms with Gasteiger partial charge in [0.2, 0.25) is 0 Å². The van der Waals surface area contributed by atoms with Gasteiger partial charge in [-0.15, -0.1) is 0 Å². The van der Waals surface area contributed by atoms with Gasteiger partial charge in [0.05, 0.1) is 0 Å². The highest BCUT2D eigenvalue weighted by Crippen LogP contribution is 1.97. The van der Waals surface area contributed by atoms with E-state index in [0.29, 0.717) is 12.8 Å². The van der Waals surface area contributed by atoms with E-state index in [1.165, 1.54) is 14.3 Å². The summed E-state index contributed by atoms with van der Waals surface area (Å²) in [7, 11) is 0. The van der Waals surface area contributed by atoms with Gasteiger partial charge in [-0.3, -0.25) is 0 Å². The highest BCUT2D eigenvalue weighted by Gasteiger charge is 2.13. The zero-order valence-corrected chi connectivity index (χ0v) is 24.1. The molecule has 0 amide bonds. The molecule has 4 nitrogen and oxygen atoms in total. The van der Waals surface area contributed by atoms with E-state index in [2.05, 4.69) is 121 Å². The monoisotopic (exact) mass is 706 g/mol. The van der Waals surface area contributed by atoms with Gasteiger partial charge in [0.25, 0.3) is 0 Å². The molecule has 0 radical (unpaired) electrons. The Bertz CT molecular complexity index is 955. The second kappa shape index (κ2) is 18.5. The van der Waals surface area contributed by atoms with Crippen LogP contribution >= 0.6 is 0 Å². The second-order valence-electron chi connectivity index (χ2n) is 7.32. The van der Waals surface area contributed by atoms with Gasteiger partial charge in [-0.2, -0.15) is 0 Å². The molecule has 0 saturated carbocycles. The van der Waals surface area contributed by atoms with Gasteiger partial charge < -0.3 is 19.8 Å². The van der Waals surface area contributed by atoms with Crippen molar-refractivity contribution in [1.82, 2.24) is 0 Å². The van der Waals surface area contributed by atoms with E-state index in [9.17, 15) is 19.8 Å². The van der Waals surface area contributed by atoms with Crippen molar-refractivity contribution in [1.29, 1.82) is 0 Å². The van der Waals surface area contributed by atoms with Crippen LogP contribution in [-0.2, 0) is 9.59 Å². The smallest absolute Gasteiger partial charge is 0.357 e. The predicted molar refractivity (Wildman–Crippen MR) is 129 cm³/mol. The molecule has 0 atom stereocenters. The van der Waals surface area contributed by atoms with Crippen LogP contribution in [0.15, 0.2) is 121 Å². The van der Waals surface area contributed by atoms with E-state index < -0.39 is 11.9 Å². The molecular formula is C30H28I2O4. The third kappa shape index (κ3) is 14.6. The fourth-order valence-corrected chi connectivity index (χ4v) is 7.24. The lowest BCUT2D eigenvalue weighted by molar-refractivity contribution is -0.597. The van der Waals surface area contributed by atoms with Crippen LogP contribution in [0.3, 0.4) is 0 Å². The molecule has 36 heavy (non-hydrogen) atoms. The number of carboxylic acids is 2. The van der Waals surface area contributed by atoms with E-state index in [0.717, 1.165) is 0 Å². The number of unbranched alkanes of at least 4 members (excludes halogenated alkanes) is 1. The van der Waals surface area contributed by atoms with Gasteiger partial charge in [0, 0.05) is 11.9 Å². The molecular weight excluding hydrogens is 678 g/mol. The Morgan fingerprint density at radius 1 is 0.444 bits per heavy atom. The first-order valence-electron chi connectivity index (χ1n) is 11.4. The lowest BCUT2D eigenvalue weighted by Crippen LogP contribution is -3.61. The molecule has 6 heteroatoms. The highest BCUT2D eigenvalue weighted by atomic mass is 127. The fourth-order valence-electron chi connectivity index (χ4n) is 2.70. The standard InChI is InChI=1S/2C12H10I.C6H10O4/c2*1-3-7-11(8-4-1)13-12-9-5-2-6-10-12;7-5(8)3-1-2-4-6(9)10/h2*1-10H;1-4H2,(H,7,8)(H,9,10)/q2*+1;/p-2. The van der Waals surface area contributed by atoms with Gasteiger partial charge in [-0.05, 0) is 74.2 Å². The normalized spacial score (nSPS) is 9.67. The van der Waals surface area contributed by atoms with Crippen LogP contribution in [0.4, 0.5) is 0 Å². The number of hydrogen-bond acceptors (Lipinski definition) is 4. The van der Waals surface area contributed by atoms with Gasteiger partial charge >= 0.3 is 42.4 Å². The number of carbonyl (C=O) groups excluding carboxylic acids is 2. The molecule has 4 rings (SSSR count). The zero-order chi connectivity index (χ0) is 25.8. The second-order valence-corrected chi connectivity index (χ2v) is 13.4. The number of carboxylic acid groups (broad SMARTS) is 2. The third-order valence-corrected chi connectivity index (χ3v) is 9.75. The van der Waals surface area contributed by atoms with Crippen molar-refractivity contribution in [3.05, 3.63) is 136 Å². The quantitative estimate of drug-likeness (QED) is 0.145. The van der Waals surface area contributed by atoms with Crippen molar-refractivity contribution in [3.8, 4) is 0 Å². The predicted octanol–water partition coefficient (Wildman–Crippen LogP) is -2.32. The average Bonchev–Trinajstić information content (AvgIpc) is 2.90. The van der Waals surface area contributed by atoms with Gasteiger partial charge in [-0.1, -0.05) is 72.8 Å². The summed E-state index contributed by atoms with van der Waals surface area (Å²) in [5, 5.41) is 19.5. The third-order valence-electron chi connectivity index (χ3n) is 4.38. The maximum Gasteiger partial charge on any atom is 0.357 e. The van der Waals surface area contributed by atoms with Crippen molar-refractivity contribution in [2.24, 2.45) is 0 Å². The Balaban J connectivity index is 0.000000193. The summed E-state index contributed by atoms with van der Waals surface area (Å²) in [4.78, 5) is 19.5. The van der Waals surface area contributed by atoms with Crippen LogP contribution < -0.4 is 52.6 Å². The van der Waals surface area contributed by atoms with Crippen molar-refractivity contribution in [2.75, 3.05) is 0 Å². The summed E-state index contributed by atoms with van der Waals surface area (Å²) in [6, 6.07) is 42.8. The SMILES string of the molecule is O=C([O-])CCCCC(=O)[O-].c1ccc([I+]c2ccccc2)cc1.c1ccc([I+]c2ccccc2)cc1. The minimum atomic E-state index is -1.14. The molecule has 0 N–H and O–H groups in total. The van der Waals surface area contributed by atoms with Crippen LogP contribution in [0, 0.1) is 14.3 Å². The van der Waals surface area contributed by atoms with Crippen LogP contribution in [0.1, 0.15) is 25.7 Å².